The lowest BCUT2D eigenvalue weighted by molar-refractivity contribution is -0.676. The van der Waals surface area contributed by atoms with Crippen molar-refractivity contribution >= 4 is 17.2 Å². The highest BCUT2D eigenvalue weighted by Gasteiger charge is 2.19. The fourth-order valence-corrected chi connectivity index (χ4v) is 4.05. The summed E-state index contributed by atoms with van der Waals surface area (Å²) in [5.41, 5.74) is 3.56. The average Bonchev–Trinajstić information content (AvgIpc) is 3.24. The molecule has 0 aliphatic heterocycles. The fourth-order valence-electron chi connectivity index (χ4n) is 3.20. The molecule has 1 aromatic heterocycles. The Morgan fingerprint density at radius 1 is 1.11 bits per heavy atom. The monoisotopic (exact) mass is 395 g/mol. The number of quaternary nitrogens is 1. The van der Waals surface area contributed by atoms with E-state index in [1.54, 1.807) is 18.4 Å². The molecule has 5 heteroatoms. The van der Waals surface area contributed by atoms with Crippen molar-refractivity contribution in [2.45, 2.75) is 19.4 Å². The Morgan fingerprint density at radius 2 is 1.89 bits per heavy atom. The van der Waals surface area contributed by atoms with Gasteiger partial charge < -0.3 is 15.4 Å². The lowest BCUT2D eigenvalue weighted by Gasteiger charge is -2.15. The summed E-state index contributed by atoms with van der Waals surface area (Å²) in [5, 5.41) is 7.21. The van der Waals surface area contributed by atoms with Gasteiger partial charge in [-0.05, 0) is 36.4 Å². The van der Waals surface area contributed by atoms with Gasteiger partial charge in [0.25, 0.3) is 5.91 Å². The third kappa shape index (κ3) is 5.44. The van der Waals surface area contributed by atoms with Gasteiger partial charge in [-0.3, -0.25) is 4.79 Å². The molecule has 1 atom stereocenters. The van der Waals surface area contributed by atoms with Crippen molar-refractivity contribution in [2.75, 3.05) is 20.2 Å². The summed E-state index contributed by atoms with van der Waals surface area (Å²) < 4.78 is 5.36. The van der Waals surface area contributed by atoms with Crippen LogP contribution in [0, 0.1) is 6.92 Å². The van der Waals surface area contributed by atoms with E-state index in [9.17, 15) is 4.79 Å². The summed E-state index contributed by atoms with van der Waals surface area (Å²) in [6, 6.07) is 20.8. The highest BCUT2D eigenvalue weighted by atomic mass is 32.1. The minimum absolute atomic E-state index is 0.0450. The quantitative estimate of drug-likeness (QED) is 0.585. The lowest BCUT2D eigenvalue weighted by Crippen LogP contribution is -2.87. The zero-order valence-corrected chi connectivity index (χ0v) is 17.2. The number of thiophene rings is 1. The van der Waals surface area contributed by atoms with Crippen molar-refractivity contribution in [1.29, 1.82) is 0 Å². The molecule has 0 saturated carbocycles. The number of para-hydroxylation sites is 1. The number of benzene rings is 2. The molecule has 3 rings (SSSR count). The van der Waals surface area contributed by atoms with Crippen molar-refractivity contribution in [3.05, 3.63) is 87.6 Å². The Morgan fingerprint density at radius 3 is 2.61 bits per heavy atom. The van der Waals surface area contributed by atoms with Crippen LogP contribution in [-0.2, 0) is 11.2 Å². The zero-order valence-electron chi connectivity index (χ0n) is 16.4. The maximum Gasteiger partial charge on any atom is 0.275 e. The number of amides is 1. The van der Waals surface area contributed by atoms with Gasteiger partial charge in [0.05, 0.1) is 12.0 Å². The van der Waals surface area contributed by atoms with E-state index in [1.807, 2.05) is 24.3 Å². The molecular formula is C23H27N2O2S+. The van der Waals surface area contributed by atoms with E-state index in [2.05, 4.69) is 59.3 Å². The van der Waals surface area contributed by atoms with Crippen LogP contribution in [0.25, 0.3) is 0 Å². The minimum Gasteiger partial charge on any atom is -0.496 e. The van der Waals surface area contributed by atoms with E-state index >= 15 is 0 Å². The standard InChI is InChI=1S/C23H26N2O2S/c1-17-9-11-19(12-10-17)23(21-8-5-15-28-21)25-16-22(26)24-14-13-18-6-3-4-7-20(18)27-2/h3-12,15,23,25H,13-14,16H2,1-2H3,(H,24,26)/p+1/t23-/m0/s1. The van der Waals surface area contributed by atoms with Crippen LogP contribution in [0.15, 0.2) is 66.0 Å². The number of rotatable bonds is 9. The first-order chi connectivity index (χ1) is 13.7. The number of nitrogens with two attached hydrogens (primary N) is 1. The lowest BCUT2D eigenvalue weighted by atomic mass is 10.0. The summed E-state index contributed by atoms with van der Waals surface area (Å²) in [7, 11) is 1.67. The molecule has 1 heterocycles. The van der Waals surface area contributed by atoms with Gasteiger partial charge in [0.2, 0.25) is 0 Å². The predicted molar refractivity (Wildman–Crippen MR) is 114 cm³/mol. The van der Waals surface area contributed by atoms with Crippen LogP contribution >= 0.6 is 11.3 Å². The van der Waals surface area contributed by atoms with E-state index in [1.165, 1.54) is 16.0 Å². The van der Waals surface area contributed by atoms with Crippen LogP contribution in [0.1, 0.15) is 27.6 Å². The SMILES string of the molecule is COc1ccccc1CCNC(=O)C[NH2+][C@@H](c1ccc(C)cc1)c1cccs1. The molecule has 1 amide bonds. The van der Waals surface area contributed by atoms with E-state index in [-0.39, 0.29) is 11.9 Å². The minimum atomic E-state index is 0.0450. The molecule has 0 aliphatic carbocycles. The number of carbonyl (C=O) groups is 1. The van der Waals surface area contributed by atoms with Crippen LogP contribution < -0.4 is 15.4 Å². The number of ether oxygens (including phenoxy) is 1. The summed E-state index contributed by atoms with van der Waals surface area (Å²) >= 11 is 1.72. The second kappa shape index (κ2) is 10.1. The highest BCUT2D eigenvalue weighted by Crippen LogP contribution is 2.23. The third-order valence-electron chi connectivity index (χ3n) is 4.73. The molecule has 2 aromatic carbocycles. The summed E-state index contributed by atoms with van der Waals surface area (Å²) in [5.74, 6) is 0.906. The smallest absolute Gasteiger partial charge is 0.275 e. The number of hydrogen-bond donors (Lipinski definition) is 2. The Bertz CT molecular complexity index is 876. The molecule has 4 nitrogen and oxygen atoms in total. The number of hydrogen-bond acceptors (Lipinski definition) is 3. The third-order valence-corrected chi connectivity index (χ3v) is 5.69. The number of carbonyl (C=O) groups excluding carboxylic acids is 1. The predicted octanol–water partition coefficient (Wildman–Crippen LogP) is 3.08. The van der Waals surface area contributed by atoms with Crippen molar-refractivity contribution in [2.24, 2.45) is 0 Å². The van der Waals surface area contributed by atoms with Gasteiger partial charge in [-0.1, -0.05) is 54.1 Å². The molecule has 3 N–H and O–H groups in total. The number of methoxy groups -OCH3 is 1. The first kappa shape index (κ1) is 20.1. The maximum absolute atomic E-state index is 12.4. The van der Waals surface area contributed by atoms with Gasteiger partial charge in [0.15, 0.2) is 6.54 Å². The zero-order chi connectivity index (χ0) is 19.8. The summed E-state index contributed by atoms with van der Waals surface area (Å²) in [6.45, 7) is 3.08. The first-order valence-electron chi connectivity index (χ1n) is 9.49. The topological polar surface area (TPSA) is 54.9 Å². The van der Waals surface area contributed by atoms with Gasteiger partial charge in [-0.25, -0.2) is 0 Å². The number of nitrogens with one attached hydrogen (secondary N) is 1. The second-order valence-electron chi connectivity index (χ2n) is 6.76. The van der Waals surface area contributed by atoms with Crippen molar-refractivity contribution in [3.63, 3.8) is 0 Å². The van der Waals surface area contributed by atoms with Crippen LogP contribution in [0.3, 0.4) is 0 Å². The molecule has 0 saturated heterocycles. The van der Waals surface area contributed by atoms with Crippen LogP contribution in [0.2, 0.25) is 0 Å². The van der Waals surface area contributed by atoms with Gasteiger partial charge in [0, 0.05) is 12.1 Å². The summed E-state index contributed by atoms with van der Waals surface area (Å²) in [4.78, 5) is 13.6. The Kier molecular flexibility index (Phi) is 7.23. The Balaban J connectivity index is 1.54. The molecule has 28 heavy (non-hydrogen) atoms. The Hall–Kier alpha value is -2.63. The maximum atomic E-state index is 12.4. The molecule has 0 radical (unpaired) electrons. The van der Waals surface area contributed by atoms with Gasteiger partial charge in [0.1, 0.15) is 11.8 Å². The molecule has 0 bridgehead atoms. The van der Waals surface area contributed by atoms with Gasteiger partial charge >= 0.3 is 0 Å². The summed E-state index contributed by atoms with van der Waals surface area (Å²) in [6.07, 6.45) is 0.752. The fraction of sp³-hybridized carbons (Fsp3) is 0.261. The second-order valence-corrected chi connectivity index (χ2v) is 7.73. The van der Waals surface area contributed by atoms with E-state index in [0.29, 0.717) is 13.1 Å². The first-order valence-corrected chi connectivity index (χ1v) is 10.4. The number of aryl methyl sites for hydroxylation is 1. The molecule has 146 valence electrons. The Labute approximate surface area is 170 Å². The van der Waals surface area contributed by atoms with Crippen molar-refractivity contribution in [1.82, 2.24) is 5.32 Å². The van der Waals surface area contributed by atoms with E-state index < -0.39 is 0 Å². The van der Waals surface area contributed by atoms with Crippen molar-refractivity contribution in [3.8, 4) is 5.75 Å². The molecule has 0 spiro atoms. The van der Waals surface area contributed by atoms with Crippen molar-refractivity contribution < 1.29 is 14.8 Å². The van der Waals surface area contributed by atoms with Gasteiger partial charge in [-0.2, -0.15) is 0 Å². The normalized spacial score (nSPS) is 11.8. The molecule has 3 aromatic rings. The molecule has 0 unspecified atom stereocenters. The van der Waals surface area contributed by atoms with Gasteiger partial charge in [-0.15, -0.1) is 11.3 Å². The molecule has 0 fully saturated rings. The van der Waals surface area contributed by atoms with E-state index in [0.717, 1.165) is 17.7 Å². The van der Waals surface area contributed by atoms with Crippen LogP contribution in [0.4, 0.5) is 0 Å². The molecular weight excluding hydrogens is 368 g/mol. The van der Waals surface area contributed by atoms with Crippen LogP contribution in [0.5, 0.6) is 5.75 Å². The average molecular weight is 396 g/mol. The highest BCUT2D eigenvalue weighted by molar-refractivity contribution is 7.10. The molecule has 0 aliphatic rings. The van der Waals surface area contributed by atoms with E-state index in [4.69, 9.17) is 4.74 Å². The van der Waals surface area contributed by atoms with Crippen LogP contribution in [-0.4, -0.2) is 26.1 Å². The largest absolute Gasteiger partial charge is 0.496 e.